The van der Waals surface area contributed by atoms with E-state index < -0.39 is 0 Å². The Bertz CT molecular complexity index is 321. The summed E-state index contributed by atoms with van der Waals surface area (Å²) in [6.07, 6.45) is 6.59. The molecule has 0 radical (unpaired) electrons. The molecule has 1 aromatic rings. The summed E-state index contributed by atoms with van der Waals surface area (Å²) >= 11 is 0. The molecule has 1 N–H and O–H groups in total. The molecule has 0 amide bonds. The van der Waals surface area contributed by atoms with Crippen LogP contribution in [0.2, 0.25) is 0 Å². The monoisotopic (exact) mass is 205 g/mol. The molecule has 0 aliphatic heterocycles. The lowest BCUT2D eigenvalue weighted by atomic mass is 9.57. The van der Waals surface area contributed by atoms with Gasteiger partial charge in [-0.1, -0.05) is 20.8 Å². The van der Waals surface area contributed by atoms with Crippen LogP contribution >= 0.6 is 0 Å². The molecule has 2 rings (SSSR count). The van der Waals surface area contributed by atoms with Crippen LogP contribution < -0.4 is 5.32 Å². The average molecular weight is 205 g/mol. The maximum Gasteiger partial charge on any atom is 0.0624 e. The van der Waals surface area contributed by atoms with Crippen LogP contribution in [-0.4, -0.2) is 22.6 Å². The van der Waals surface area contributed by atoms with Gasteiger partial charge < -0.3 is 5.32 Å². The molecule has 82 valence electrons. The standard InChI is InChI=1S/C12H19N3/c1-4-14-11-7-9(12(11,2)3)10-8-13-5-6-15-10/h5-6,8-9,11,14H,4,7H2,1-3H3. The summed E-state index contributed by atoms with van der Waals surface area (Å²) in [4.78, 5) is 8.54. The van der Waals surface area contributed by atoms with Gasteiger partial charge in [-0.15, -0.1) is 0 Å². The van der Waals surface area contributed by atoms with Crippen LogP contribution in [0.25, 0.3) is 0 Å². The third kappa shape index (κ3) is 1.76. The van der Waals surface area contributed by atoms with Gasteiger partial charge in [-0.2, -0.15) is 0 Å². The highest BCUT2D eigenvalue weighted by Crippen LogP contribution is 2.51. The van der Waals surface area contributed by atoms with E-state index in [9.17, 15) is 0 Å². The van der Waals surface area contributed by atoms with Gasteiger partial charge in [0.05, 0.1) is 5.69 Å². The highest BCUT2D eigenvalue weighted by atomic mass is 15.0. The second kappa shape index (κ2) is 3.89. The van der Waals surface area contributed by atoms with Crippen molar-refractivity contribution < 1.29 is 0 Å². The summed E-state index contributed by atoms with van der Waals surface area (Å²) in [5.74, 6) is 0.551. The van der Waals surface area contributed by atoms with Crippen molar-refractivity contribution in [2.24, 2.45) is 5.41 Å². The Balaban J connectivity index is 2.09. The maximum absolute atomic E-state index is 4.40. The quantitative estimate of drug-likeness (QED) is 0.819. The van der Waals surface area contributed by atoms with Crippen molar-refractivity contribution in [3.63, 3.8) is 0 Å². The first-order chi connectivity index (χ1) is 7.16. The van der Waals surface area contributed by atoms with E-state index in [-0.39, 0.29) is 0 Å². The van der Waals surface area contributed by atoms with Crippen LogP contribution in [0.15, 0.2) is 18.6 Å². The molecule has 1 heterocycles. The van der Waals surface area contributed by atoms with Gasteiger partial charge in [0.15, 0.2) is 0 Å². The number of hydrogen-bond acceptors (Lipinski definition) is 3. The Hall–Kier alpha value is -0.960. The molecule has 3 heteroatoms. The van der Waals surface area contributed by atoms with E-state index in [1.807, 2.05) is 6.20 Å². The largest absolute Gasteiger partial charge is 0.314 e. The summed E-state index contributed by atoms with van der Waals surface area (Å²) in [5, 5.41) is 3.52. The highest BCUT2D eigenvalue weighted by Gasteiger charge is 2.48. The molecule has 0 saturated heterocycles. The van der Waals surface area contributed by atoms with E-state index in [1.54, 1.807) is 12.4 Å². The molecule has 0 bridgehead atoms. The van der Waals surface area contributed by atoms with Gasteiger partial charge in [0.1, 0.15) is 0 Å². The Kier molecular flexibility index (Phi) is 2.74. The molecule has 1 saturated carbocycles. The smallest absolute Gasteiger partial charge is 0.0624 e. The van der Waals surface area contributed by atoms with Gasteiger partial charge in [-0.25, -0.2) is 0 Å². The Morgan fingerprint density at radius 1 is 1.47 bits per heavy atom. The zero-order valence-corrected chi connectivity index (χ0v) is 9.70. The number of nitrogens with zero attached hydrogens (tertiary/aromatic N) is 2. The fourth-order valence-corrected chi connectivity index (χ4v) is 2.51. The lowest BCUT2D eigenvalue weighted by molar-refractivity contribution is 0.0678. The van der Waals surface area contributed by atoms with Crippen molar-refractivity contribution in [1.82, 2.24) is 15.3 Å². The van der Waals surface area contributed by atoms with E-state index in [1.165, 1.54) is 6.42 Å². The van der Waals surface area contributed by atoms with E-state index >= 15 is 0 Å². The number of rotatable bonds is 3. The normalized spacial score (nSPS) is 28.5. The van der Waals surface area contributed by atoms with Crippen LogP contribution in [0, 0.1) is 5.41 Å². The van der Waals surface area contributed by atoms with Crippen molar-refractivity contribution in [2.45, 2.75) is 39.2 Å². The van der Waals surface area contributed by atoms with Gasteiger partial charge in [-0.05, 0) is 18.4 Å². The summed E-state index contributed by atoms with van der Waals surface area (Å²) in [6, 6.07) is 0.620. The second-order valence-electron chi connectivity index (χ2n) is 4.85. The Labute approximate surface area is 91.3 Å². The molecule has 0 aromatic carbocycles. The predicted molar refractivity (Wildman–Crippen MR) is 60.6 cm³/mol. The van der Waals surface area contributed by atoms with E-state index in [4.69, 9.17) is 0 Å². The minimum absolute atomic E-state index is 0.298. The van der Waals surface area contributed by atoms with Crippen LogP contribution in [0.1, 0.15) is 38.8 Å². The zero-order valence-electron chi connectivity index (χ0n) is 9.70. The molecule has 1 aliphatic rings. The van der Waals surface area contributed by atoms with E-state index in [0.29, 0.717) is 17.4 Å². The highest BCUT2D eigenvalue weighted by molar-refractivity contribution is 5.18. The van der Waals surface area contributed by atoms with Crippen molar-refractivity contribution in [3.8, 4) is 0 Å². The van der Waals surface area contributed by atoms with E-state index in [2.05, 4.69) is 36.1 Å². The molecule has 1 aromatic heterocycles. The molecular formula is C12H19N3. The molecule has 2 unspecified atom stereocenters. The summed E-state index contributed by atoms with van der Waals surface area (Å²) in [7, 11) is 0. The lowest BCUT2D eigenvalue weighted by Crippen LogP contribution is -2.55. The molecule has 3 nitrogen and oxygen atoms in total. The zero-order chi connectivity index (χ0) is 10.9. The average Bonchev–Trinajstić information content (AvgIpc) is 2.25. The number of hydrogen-bond donors (Lipinski definition) is 1. The molecule has 15 heavy (non-hydrogen) atoms. The molecule has 1 fully saturated rings. The Morgan fingerprint density at radius 2 is 2.27 bits per heavy atom. The number of nitrogens with one attached hydrogen (secondary N) is 1. The van der Waals surface area contributed by atoms with Gasteiger partial charge in [0, 0.05) is 30.6 Å². The third-order valence-corrected chi connectivity index (χ3v) is 3.66. The van der Waals surface area contributed by atoms with Gasteiger partial charge in [0.2, 0.25) is 0 Å². The molecule has 1 aliphatic carbocycles. The van der Waals surface area contributed by atoms with Crippen LogP contribution in [0.5, 0.6) is 0 Å². The van der Waals surface area contributed by atoms with Gasteiger partial charge >= 0.3 is 0 Å². The minimum atomic E-state index is 0.298. The van der Waals surface area contributed by atoms with E-state index in [0.717, 1.165) is 12.2 Å². The van der Waals surface area contributed by atoms with Crippen molar-refractivity contribution >= 4 is 0 Å². The third-order valence-electron chi connectivity index (χ3n) is 3.66. The fraction of sp³-hybridized carbons (Fsp3) is 0.667. The predicted octanol–water partition coefficient (Wildman–Crippen LogP) is 1.97. The Morgan fingerprint density at radius 3 is 2.80 bits per heavy atom. The van der Waals surface area contributed by atoms with Crippen LogP contribution in [0.3, 0.4) is 0 Å². The maximum atomic E-state index is 4.40. The van der Waals surface area contributed by atoms with Crippen molar-refractivity contribution in [2.75, 3.05) is 6.54 Å². The van der Waals surface area contributed by atoms with Crippen molar-refractivity contribution in [3.05, 3.63) is 24.3 Å². The summed E-state index contributed by atoms with van der Waals surface area (Å²) in [6.45, 7) is 7.82. The topological polar surface area (TPSA) is 37.8 Å². The lowest BCUT2D eigenvalue weighted by Gasteiger charge is -2.52. The van der Waals surface area contributed by atoms with Crippen molar-refractivity contribution in [1.29, 1.82) is 0 Å². The molecular weight excluding hydrogens is 186 g/mol. The summed E-state index contributed by atoms with van der Waals surface area (Å²) < 4.78 is 0. The second-order valence-corrected chi connectivity index (χ2v) is 4.85. The first-order valence-electron chi connectivity index (χ1n) is 5.65. The number of aromatic nitrogens is 2. The summed E-state index contributed by atoms with van der Waals surface area (Å²) in [5.41, 5.74) is 1.43. The first-order valence-corrected chi connectivity index (χ1v) is 5.65. The van der Waals surface area contributed by atoms with Crippen LogP contribution in [0.4, 0.5) is 0 Å². The van der Waals surface area contributed by atoms with Gasteiger partial charge in [-0.3, -0.25) is 9.97 Å². The van der Waals surface area contributed by atoms with Crippen LogP contribution in [-0.2, 0) is 0 Å². The SMILES string of the molecule is CCNC1CC(c2cnccn2)C1(C)C. The first kappa shape index (κ1) is 10.6. The molecule has 0 spiro atoms. The molecule has 2 atom stereocenters. The fourth-order valence-electron chi connectivity index (χ4n) is 2.51. The van der Waals surface area contributed by atoms with Gasteiger partial charge in [0.25, 0.3) is 0 Å². The minimum Gasteiger partial charge on any atom is -0.314 e.